The quantitative estimate of drug-likeness (QED) is 0.624. The third kappa shape index (κ3) is 4.31. The summed E-state index contributed by atoms with van der Waals surface area (Å²) < 4.78 is 27.6. The van der Waals surface area contributed by atoms with Crippen LogP contribution in [0.5, 0.6) is 0 Å². The van der Waals surface area contributed by atoms with Gasteiger partial charge in [0.25, 0.3) is 11.3 Å². The van der Waals surface area contributed by atoms with E-state index in [9.17, 15) is 13.6 Å². The first-order chi connectivity index (χ1) is 11.4. The van der Waals surface area contributed by atoms with Crippen LogP contribution < -0.4 is 4.31 Å². The Morgan fingerprint density at radius 3 is 2.71 bits per heavy atom. The summed E-state index contributed by atoms with van der Waals surface area (Å²) in [5.41, 5.74) is 1.56. The number of pyridine rings is 1. The summed E-state index contributed by atoms with van der Waals surface area (Å²) >= 11 is 3.74. The summed E-state index contributed by atoms with van der Waals surface area (Å²) in [6.07, 6.45) is -0.0118. The van der Waals surface area contributed by atoms with Crippen molar-refractivity contribution in [2.75, 3.05) is 10.9 Å². The number of aromatic nitrogens is 1. The summed E-state index contributed by atoms with van der Waals surface area (Å²) in [7, 11) is 0. The Bertz CT molecular complexity index is 769. The van der Waals surface area contributed by atoms with Gasteiger partial charge >= 0.3 is 5.97 Å². The zero-order valence-corrected chi connectivity index (χ0v) is 14.8. The van der Waals surface area contributed by atoms with Gasteiger partial charge in [-0.2, -0.15) is 0 Å². The molecule has 1 aromatic carbocycles. The smallest absolute Gasteiger partial charge is 0.311 e. The summed E-state index contributed by atoms with van der Waals surface area (Å²) in [5.74, 6) is -0.166. The molecule has 24 heavy (non-hydrogen) atoms. The maximum absolute atomic E-state index is 11.9. The van der Waals surface area contributed by atoms with Crippen molar-refractivity contribution >= 4 is 40.3 Å². The van der Waals surface area contributed by atoms with Gasteiger partial charge in [-0.25, -0.2) is 13.5 Å². The molecule has 0 aliphatic carbocycles. The summed E-state index contributed by atoms with van der Waals surface area (Å²) in [6, 6.07) is 9.97. The monoisotopic (exact) mass is 368 g/mol. The Balaban J connectivity index is 2.40. The van der Waals surface area contributed by atoms with Crippen molar-refractivity contribution in [1.82, 2.24) is 4.98 Å². The highest BCUT2D eigenvalue weighted by molar-refractivity contribution is 7.81. The second-order valence-corrected chi connectivity index (χ2v) is 6.11. The number of anilines is 2. The molecule has 1 N–H and O–H groups in total. The van der Waals surface area contributed by atoms with Gasteiger partial charge in [0.05, 0.1) is 24.4 Å². The topological polar surface area (TPSA) is 79.7 Å². The number of carbonyl (C=O) groups excluding carboxylic acids is 1. The van der Waals surface area contributed by atoms with Crippen LogP contribution in [-0.2, 0) is 27.2 Å². The van der Waals surface area contributed by atoms with E-state index in [1.54, 1.807) is 50.2 Å². The molecule has 6 nitrogen and oxygen atoms in total. The third-order valence-corrected chi connectivity index (χ3v) is 4.35. The second kappa shape index (κ2) is 8.23. The lowest BCUT2D eigenvalue weighted by molar-refractivity contribution is -0.142. The van der Waals surface area contributed by atoms with Crippen molar-refractivity contribution in [1.29, 1.82) is 0 Å². The molecular weight excluding hydrogens is 352 g/mol. The molecule has 0 aliphatic rings. The van der Waals surface area contributed by atoms with Gasteiger partial charge in [-0.15, -0.1) is 0 Å². The minimum atomic E-state index is -2.35. The summed E-state index contributed by atoms with van der Waals surface area (Å²) in [4.78, 5) is 15.9. The molecule has 2 rings (SSSR count). The molecule has 1 heterocycles. The number of esters is 1. The molecule has 0 radical (unpaired) electrons. The molecule has 1 aromatic heterocycles. The van der Waals surface area contributed by atoms with Gasteiger partial charge in [-0.3, -0.25) is 9.35 Å². The maximum atomic E-state index is 11.9. The maximum Gasteiger partial charge on any atom is 0.311 e. The van der Waals surface area contributed by atoms with Crippen molar-refractivity contribution in [2.45, 2.75) is 20.3 Å². The van der Waals surface area contributed by atoms with Crippen LogP contribution in [0.3, 0.4) is 0 Å². The average Bonchev–Trinajstić information content (AvgIpc) is 2.52. The zero-order chi connectivity index (χ0) is 17.7. The normalized spacial score (nSPS) is 11.8. The zero-order valence-electron chi connectivity index (χ0n) is 13.2. The molecule has 1 atom stereocenters. The number of hydrogen-bond acceptors (Lipinski definition) is 4. The highest BCUT2D eigenvalue weighted by atomic mass is 35.5. The van der Waals surface area contributed by atoms with Crippen LogP contribution in [0.1, 0.15) is 18.2 Å². The Morgan fingerprint density at radius 2 is 2.04 bits per heavy atom. The SMILES string of the molecule is CCOC(=O)Cc1cccc(N(c2cccc(Cl)c2C)S(=O)O)n1. The lowest BCUT2D eigenvalue weighted by Gasteiger charge is -2.21. The predicted octanol–water partition coefficient (Wildman–Crippen LogP) is 3.42. The first kappa shape index (κ1) is 18.4. The molecule has 0 saturated carbocycles. The van der Waals surface area contributed by atoms with Crippen LogP contribution in [0.15, 0.2) is 36.4 Å². The molecular formula is C16H17ClN2O4S. The number of carbonyl (C=O) groups is 1. The average molecular weight is 369 g/mol. The molecule has 0 spiro atoms. The Morgan fingerprint density at radius 1 is 1.33 bits per heavy atom. The Hall–Kier alpha value is -1.96. The van der Waals surface area contributed by atoms with Crippen LogP contribution in [0.25, 0.3) is 0 Å². The molecule has 2 aromatic rings. The van der Waals surface area contributed by atoms with Gasteiger partial charge in [0, 0.05) is 5.02 Å². The molecule has 1 unspecified atom stereocenters. The highest BCUT2D eigenvalue weighted by Crippen LogP contribution is 2.32. The number of hydrogen-bond donors (Lipinski definition) is 1. The first-order valence-corrected chi connectivity index (χ1v) is 8.66. The fraction of sp³-hybridized carbons (Fsp3) is 0.250. The molecule has 0 amide bonds. The lowest BCUT2D eigenvalue weighted by atomic mass is 10.2. The molecule has 0 saturated heterocycles. The van der Waals surface area contributed by atoms with Crippen LogP contribution >= 0.6 is 11.6 Å². The van der Waals surface area contributed by atoms with E-state index in [4.69, 9.17) is 16.3 Å². The van der Waals surface area contributed by atoms with Crippen molar-refractivity contribution in [2.24, 2.45) is 0 Å². The van der Waals surface area contributed by atoms with E-state index in [1.807, 2.05) is 0 Å². The number of halogens is 1. The molecule has 0 bridgehead atoms. The second-order valence-electron chi connectivity index (χ2n) is 4.88. The van der Waals surface area contributed by atoms with Crippen LogP contribution in [0.2, 0.25) is 5.02 Å². The van der Waals surface area contributed by atoms with Crippen molar-refractivity contribution in [3.63, 3.8) is 0 Å². The van der Waals surface area contributed by atoms with E-state index in [-0.39, 0.29) is 18.8 Å². The van der Waals surface area contributed by atoms with Gasteiger partial charge in [0.2, 0.25) is 0 Å². The Labute approximate surface area is 147 Å². The standard InChI is InChI=1S/C16H17ClN2O4S/c1-3-23-16(20)10-12-6-4-9-15(18-12)19(24(21)22)14-8-5-7-13(17)11(14)2/h4-9H,3,10H2,1-2H3,(H,21,22). The van der Waals surface area contributed by atoms with E-state index >= 15 is 0 Å². The van der Waals surface area contributed by atoms with Gasteiger partial charge in [0.15, 0.2) is 0 Å². The minimum absolute atomic E-state index is 0.0118. The number of benzene rings is 1. The summed E-state index contributed by atoms with van der Waals surface area (Å²) in [6.45, 7) is 3.76. The first-order valence-electron chi connectivity index (χ1n) is 7.21. The van der Waals surface area contributed by atoms with Crippen molar-refractivity contribution in [3.05, 3.63) is 52.7 Å². The number of nitrogens with zero attached hydrogens (tertiary/aromatic N) is 2. The number of rotatable bonds is 6. The molecule has 0 fully saturated rings. The predicted molar refractivity (Wildman–Crippen MR) is 93.7 cm³/mol. The Kier molecular flexibility index (Phi) is 6.30. The number of ether oxygens (including phenoxy) is 1. The van der Waals surface area contributed by atoms with E-state index < -0.39 is 17.2 Å². The van der Waals surface area contributed by atoms with Crippen LogP contribution in [0.4, 0.5) is 11.5 Å². The van der Waals surface area contributed by atoms with Crippen LogP contribution in [0, 0.1) is 6.92 Å². The fourth-order valence-corrected chi connectivity index (χ4v) is 2.94. The highest BCUT2D eigenvalue weighted by Gasteiger charge is 2.20. The van der Waals surface area contributed by atoms with Gasteiger partial charge in [-0.05, 0) is 43.7 Å². The molecule has 8 heteroatoms. The van der Waals surface area contributed by atoms with E-state index in [0.29, 0.717) is 22.0 Å². The van der Waals surface area contributed by atoms with Gasteiger partial charge in [-0.1, -0.05) is 23.7 Å². The molecule has 128 valence electrons. The van der Waals surface area contributed by atoms with E-state index in [1.165, 1.54) is 0 Å². The molecule has 0 aliphatic heterocycles. The van der Waals surface area contributed by atoms with E-state index in [2.05, 4.69) is 4.98 Å². The third-order valence-electron chi connectivity index (χ3n) is 3.25. The van der Waals surface area contributed by atoms with Gasteiger partial charge in [0.1, 0.15) is 5.82 Å². The van der Waals surface area contributed by atoms with Crippen LogP contribution in [-0.4, -0.2) is 26.3 Å². The summed E-state index contributed by atoms with van der Waals surface area (Å²) in [5, 5.41) is 0.477. The largest absolute Gasteiger partial charge is 0.466 e. The minimum Gasteiger partial charge on any atom is -0.466 e. The van der Waals surface area contributed by atoms with Crippen molar-refractivity contribution in [3.8, 4) is 0 Å². The van der Waals surface area contributed by atoms with Crippen molar-refractivity contribution < 1.29 is 18.3 Å². The van der Waals surface area contributed by atoms with E-state index in [0.717, 1.165) is 4.31 Å². The van der Waals surface area contributed by atoms with Gasteiger partial charge < -0.3 is 4.74 Å². The lowest BCUT2D eigenvalue weighted by Crippen LogP contribution is -2.22. The fourth-order valence-electron chi connectivity index (χ4n) is 2.14.